The highest BCUT2D eigenvalue weighted by molar-refractivity contribution is 5.89. The summed E-state index contributed by atoms with van der Waals surface area (Å²) in [6.07, 6.45) is 0.593. The second-order valence-corrected chi connectivity index (χ2v) is 7.40. The van der Waals surface area contributed by atoms with Gasteiger partial charge in [-0.2, -0.15) is 0 Å². The first-order valence-corrected chi connectivity index (χ1v) is 9.51. The molecule has 0 spiro atoms. The van der Waals surface area contributed by atoms with Crippen LogP contribution in [0.25, 0.3) is 10.8 Å². The fourth-order valence-electron chi connectivity index (χ4n) is 3.09. The molecule has 2 rings (SSSR count). The number of hydrogen-bond acceptors (Lipinski definition) is 3. The Morgan fingerprint density at radius 1 is 1.07 bits per heavy atom. The molecule has 2 aromatic rings. The SMILES string of the molecule is CC(C)C(NC(=O)Cc1ccc2ccccc2c1)C(=O)N(C)CCCC(=O)O. The number of likely N-dealkylation sites (N-methyl/N-ethyl adjacent to an activating group) is 1. The van der Waals surface area contributed by atoms with Crippen LogP contribution in [0.5, 0.6) is 0 Å². The summed E-state index contributed by atoms with van der Waals surface area (Å²) < 4.78 is 0. The molecule has 1 unspecified atom stereocenters. The Hall–Kier alpha value is -2.89. The topological polar surface area (TPSA) is 86.7 Å². The molecule has 0 radical (unpaired) electrons. The number of nitrogens with zero attached hydrogens (tertiary/aromatic N) is 1. The molecule has 28 heavy (non-hydrogen) atoms. The summed E-state index contributed by atoms with van der Waals surface area (Å²) in [5, 5.41) is 13.8. The van der Waals surface area contributed by atoms with E-state index in [0.717, 1.165) is 16.3 Å². The highest BCUT2D eigenvalue weighted by atomic mass is 16.4. The average Bonchev–Trinajstić information content (AvgIpc) is 2.64. The number of carboxylic acids is 1. The number of carbonyl (C=O) groups excluding carboxylic acids is 2. The van der Waals surface area contributed by atoms with Gasteiger partial charge in [0.25, 0.3) is 0 Å². The molecule has 2 N–H and O–H groups in total. The Bertz CT molecular complexity index is 847. The van der Waals surface area contributed by atoms with E-state index in [1.807, 2.05) is 56.3 Å². The van der Waals surface area contributed by atoms with Crippen LogP contribution in [0.2, 0.25) is 0 Å². The molecule has 0 saturated heterocycles. The predicted octanol–water partition coefficient (Wildman–Crippen LogP) is 2.85. The number of carboxylic acid groups (broad SMARTS) is 1. The number of carbonyl (C=O) groups is 3. The lowest BCUT2D eigenvalue weighted by molar-refractivity contribution is -0.139. The molecule has 0 aromatic heterocycles. The summed E-state index contributed by atoms with van der Waals surface area (Å²) in [7, 11) is 1.63. The van der Waals surface area contributed by atoms with Crippen LogP contribution in [0.1, 0.15) is 32.3 Å². The molecule has 0 aliphatic carbocycles. The van der Waals surface area contributed by atoms with Gasteiger partial charge in [0.1, 0.15) is 6.04 Å². The van der Waals surface area contributed by atoms with Crippen molar-refractivity contribution in [3.63, 3.8) is 0 Å². The van der Waals surface area contributed by atoms with E-state index in [2.05, 4.69) is 5.32 Å². The van der Waals surface area contributed by atoms with Crippen molar-refractivity contribution in [1.29, 1.82) is 0 Å². The van der Waals surface area contributed by atoms with Gasteiger partial charge in [0.2, 0.25) is 11.8 Å². The molecule has 0 aliphatic rings. The maximum atomic E-state index is 12.7. The van der Waals surface area contributed by atoms with Crippen molar-refractivity contribution in [2.24, 2.45) is 5.92 Å². The van der Waals surface area contributed by atoms with Crippen LogP contribution in [0.4, 0.5) is 0 Å². The van der Waals surface area contributed by atoms with Gasteiger partial charge in [-0.25, -0.2) is 0 Å². The van der Waals surface area contributed by atoms with Crippen LogP contribution in [-0.2, 0) is 20.8 Å². The van der Waals surface area contributed by atoms with E-state index in [9.17, 15) is 14.4 Å². The highest BCUT2D eigenvalue weighted by Gasteiger charge is 2.26. The first-order chi connectivity index (χ1) is 13.3. The number of rotatable bonds is 9. The van der Waals surface area contributed by atoms with Crippen LogP contribution in [0.3, 0.4) is 0 Å². The smallest absolute Gasteiger partial charge is 0.303 e. The van der Waals surface area contributed by atoms with Gasteiger partial charge in [-0.15, -0.1) is 0 Å². The third-order valence-electron chi connectivity index (χ3n) is 4.69. The van der Waals surface area contributed by atoms with Gasteiger partial charge in [0.05, 0.1) is 6.42 Å². The average molecular weight is 384 g/mol. The van der Waals surface area contributed by atoms with Crippen molar-refractivity contribution in [3.8, 4) is 0 Å². The van der Waals surface area contributed by atoms with Gasteiger partial charge < -0.3 is 15.3 Å². The molecule has 0 aliphatic heterocycles. The minimum atomic E-state index is -0.884. The van der Waals surface area contributed by atoms with E-state index >= 15 is 0 Å². The zero-order valence-electron chi connectivity index (χ0n) is 16.6. The lowest BCUT2D eigenvalue weighted by Gasteiger charge is -2.27. The van der Waals surface area contributed by atoms with E-state index in [1.165, 1.54) is 4.90 Å². The van der Waals surface area contributed by atoms with Crippen molar-refractivity contribution in [3.05, 3.63) is 48.0 Å². The number of fused-ring (bicyclic) bond motifs is 1. The Balaban J connectivity index is 1.98. The summed E-state index contributed by atoms with van der Waals surface area (Å²) in [5.41, 5.74) is 0.890. The van der Waals surface area contributed by atoms with Crippen molar-refractivity contribution in [1.82, 2.24) is 10.2 Å². The summed E-state index contributed by atoms with van der Waals surface area (Å²) in [4.78, 5) is 37.3. The van der Waals surface area contributed by atoms with Gasteiger partial charge in [-0.1, -0.05) is 56.3 Å². The maximum Gasteiger partial charge on any atom is 0.303 e. The molecule has 0 heterocycles. The molecule has 150 valence electrons. The molecular formula is C22H28N2O4. The zero-order valence-corrected chi connectivity index (χ0v) is 16.6. The van der Waals surface area contributed by atoms with Gasteiger partial charge in [0.15, 0.2) is 0 Å². The number of amides is 2. The molecule has 2 amide bonds. The molecule has 1 atom stereocenters. The Kier molecular flexibility index (Phi) is 7.55. The molecular weight excluding hydrogens is 356 g/mol. The summed E-state index contributed by atoms with van der Waals surface area (Å²) >= 11 is 0. The largest absolute Gasteiger partial charge is 0.481 e. The molecule has 6 heteroatoms. The van der Waals surface area contributed by atoms with E-state index in [4.69, 9.17) is 5.11 Å². The van der Waals surface area contributed by atoms with Crippen LogP contribution >= 0.6 is 0 Å². The van der Waals surface area contributed by atoms with E-state index in [1.54, 1.807) is 7.05 Å². The Labute approximate surface area is 165 Å². The Morgan fingerprint density at radius 3 is 2.39 bits per heavy atom. The fourth-order valence-corrected chi connectivity index (χ4v) is 3.09. The molecule has 2 aromatic carbocycles. The van der Waals surface area contributed by atoms with Crippen molar-refractivity contribution >= 4 is 28.6 Å². The van der Waals surface area contributed by atoms with Gasteiger partial charge in [0, 0.05) is 20.0 Å². The first kappa shape index (κ1) is 21.4. The summed E-state index contributed by atoms with van der Waals surface area (Å²) in [6, 6.07) is 13.2. The normalized spacial score (nSPS) is 12.0. The molecule has 0 fully saturated rings. The van der Waals surface area contributed by atoms with Gasteiger partial charge >= 0.3 is 5.97 Å². The number of nitrogens with one attached hydrogen (secondary N) is 1. The second kappa shape index (κ2) is 9.88. The first-order valence-electron chi connectivity index (χ1n) is 9.51. The monoisotopic (exact) mass is 384 g/mol. The van der Waals surface area contributed by atoms with Crippen molar-refractivity contribution < 1.29 is 19.5 Å². The molecule has 0 saturated carbocycles. The summed E-state index contributed by atoms with van der Waals surface area (Å²) in [6.45, 7) is 4.10. The van der Waals surface area contributed by atoms with E-state index in [0.29, 0.717) is 13.0 Å². The third-order valence-corrected chi connectivity index (χ3v) is 4.69. The second-order valence-electron chi connectivity index (χ2n) is 7.40. The minimum Gasteiger partial charge on any atom is -0.481 e. The fraction of sp³-hybridized carbons (Fsp3) is 0.409. The lowest BCUT2D eigenvalue weighted by atomic mass is 10.0. The zero-order chi connectivity index (χ0) is 20.7. The van der Waals surface area contributed by atoms with E-state index in [-0.39, 0.29) is 30.6 Å². The highest BCUT2D eigenvalue weighted by Crippen LogP contribution is 2.16. The van der Waals surface area contributed by atoms with Crippen LogP contribution < -0.4 is 5.32 Å². The molecule has 6 nitrogen and oxygen atoms in total. The number of aliphatic carboxylic acids is 1. The lowest BCUT2D eigenvalue weighted by Crippen LogP contribution is -2.50. The van der Waals surface area contributed by atoms with Crippen LogP contribution in [-0.4, -0.2) is 47.4 Å². The van der Waals surface area contributed by atoms with Crippen LogP contribution in [0, 0.1) is 5.92 Å². The number of benzene rings is 2. The summed E-state index contributed by atoms with van der Waals surface area (Å²) in [5.74, 6) is -1.37. The predicted molar refractivity (Wildman–Crippen MR) is 109 cm³/mol. The van der Waals surface area contributed by atoms with E-state index < -0.39 is 12.0 Å². The van der Waals surface area contributed by atoms with Crippen molar-refractivity contribution in [2.45, 2.75) is 39.2 Å². The van der Waals surface area contributed by atoms with Gasteiger partial charge in [-0.3, -0.25) is 14.4 Å². The van der Waals surface area contributed by atoms with Gasteiger partial charge in [-0.05, 0) is 28.7 Å². The quantitative estimate of drug-likeness (QED) is 0.696. The van der Waals surface area contributed by atoms with Crippen molar-refractivity contribution in [2.75, 3.05) is 13.6 Å². The third kappa shape index (κ3) is 6.08. The minimum absolute atomic E-state index is 0.0122. The molecule has 0 bridgehead atoms. The number of hydrogen-bond donors (Lipinski definition) is 2. The van der Waals surface area contributed by atoms with Crippen LogP contribution in [0.15, 0.2) is 42.5 Å². The maximum absolute atomic E-state index is 12.7. The standard InChI is InChI=1S/C22H28N2O4/c1-15(2)21(22(28)24(3)12-6-9-20(26)27)23-19(25)14-16-10-11-17-7-4-5-8-18(17)13-16/h4-5,7-8,10-11,13,15,21H,6,9,12,14H2,1-3H3,(H,23,25)(H,26,27). The Morgan fingerprint density at radius 2 is 1.75 bits per heavy atom.